The molecule has 7 heteroatoms. The van der Waals surface area contributed by atoms with Crippen molar-refractivity contribution in [2.45, 2.75) is 37.1 Å². The van der Waals surface area contributed by atoms with Gasteiger partial charge in [0.05, 0.1) is 10.6 Å². The van der Waals surface area contributed by atoms with Crippen LogP contribution in [-0.4, -0.2) is 14.5 Å². The summed E-state index contributed by atoms with van der Waals surface area (Å²) in [6, 6.07) is 2.05. The maximum atomic E-state index is 13.2. The van der Waals surface area contributed by atoms with Crippen LogP contribution in [0.15, 0.2) is 21.5 Å². The van der Waals surface area contributed by atoms with Gasteiger partial charge < -0.3 is 5.73 Å². The lowest BCUT2D eigenvalue weighted by molar-refractivity contribution is 0.529. The van der Waals surface area contributed by atoms with E-state index in [1.165, 1.54) is 12.8 Å². The van der Waals surface area contributed by atoms with Gasteiger partial charge in [0.1, 0.15) is 5.82 Å². The van der Waals surface area contributed by atoms with Crippen LogP contribution in [0.4, 0.5) is 10.1 Å². The molecule has 0 bridgehead atoms. The topological polar surface area (TPSA) is 72.2 Å². The molecule has 0 heterocycles. The van der Waals surface area contributed by atoms with Crippen LogP contribution >= 0.6 is 15.9 Å². The van der Waals surface area contributed by atoms with E-state index in [9.17, 15) is 12.8 Å². The first-order chi connectivity index (χ1) is 8.79. The smallest absolute Gasteiger partial charge is 0.242 e. The Morgan fingerprint density at radius 1 is 1.53 bits per heavy atom. The second kappa shape index (κ2) is 5.38. The molecule has 1 saturated carbocycles. The van der Waals surface area contributed by atoms with Crippen LogP contribution in [-0.2, 0) is 10.0 Å². The SMILES string of the molecule is CC(CC1CC1)NS(=O)(=O)c1cc(N)c(F)cc1Br. The van der Waals surface area contributed by atoms with E-state index in [1.807, 2.05) is 6.92 Å². The molecule has 1 unspecified atom stereocenters. The maximum Gasteiger partial charge on any atom is 0.242 e. The van der Waals surface area contributed by atoms with E-state index in [4.69, 9.17) is 5.73 Å². The van der Waals surface area contributed by atoms with Gasteiger partial charge in [-0.15, -0.1) is 0 Å². The van der Waals surface area contributed by atoms with Crippen molar-refractivity contribution < 1.29 is 12.8 Å². The quantitative estimate of drug-likeness (QED) is 0.801. The Hall–Kier alpha value is -0.660. The van der Waals surface area contributed by atoms with E-state index in [0.717, 1.165) is 18.6 Å². The molecule has 0 radical (unpaired) electrons. The molecule has 0 spiro atoms. The molecule has 4 nitrogen and oxygen atoms in total. The Morgan fingerprint density at radius 3 is 2.74 bits per heavy atom. The van der Waals surface area contributed by atoms with Gasteiger partial charge in [-0.05, 0) is 47.3 Å². The summed E-state index contributed by atoms with van der Waals surface area (Å²) >= 11 is 3.06. The molecule has 3 N–H and O–H groups in total. The highest BCUT2D eigenvalue weighted by Gasteiger charge is 2.27. The van der Waals surface area contributed by atoms with Gasteiger partial charge in [0.25, 0.3) is 0 Å². The van der Waals surface area contributed by atoms with Crippen molar-refractivity contribution in [1.29, 1.82) is 0 Å². The third-order valence-electron chi connectivity index (χ3n) is 3.08. The number of anilines is 1. The van der Waals surface area contributed by atoms with Crippen molar-refractivity contribution >= 4 is 31.6 Å². The number of rotatable bonds is 5. The first-order valence-electron chi connectivity index (χ1n) is 6.06. The Bertz CT molecular complexity index is 588. The zero-order chi connectivity index (χ0) is 14.2. The number of halogens is 2. The van der Waals surface area contributed by atoms with Gasteiger partial charge in [-0.3, -0.25) is 0 Å². The Labute approximate surface area is 120 Å². The average Bonchev–Trinajstić information content (AvgIpc) is 3.05. The largest absolute Gasteiger partial charge is 0.396 e. The van der Waals surface area contributed by atoms with Crippen LogP contribution in [0.5, 0.6) is 0 Å². The number of hydrogen-bond acceptors (Lipinski definition) is 3. The van der Waals surface area contributed by atoms with Crippen molar-refractivity contribution in [2.75, 3.05) is 5.73 Å². The van der Waals surface area contributed by atoms with Crippen LogP contribution in [0.3, 0.4) is 0 Å². The third-order valence-corrected chi connectivity index (χ3v) is 5.63. The molecule has 19 heavy (non-hydrogen) atoms. The fraction of sp³-hybridized carbons (Fsp3) is 0.500. The molecule has 0 aliphatic heterocycles. The van der Waals surface area contributed by atoms with Crippen molar-refractivity contribution in [3.8, 4) is 0 Å². The number of nitrogens with one attached hydrogen (secondary N) is 1. The van der Waals surface area contributed by atoms with Crippen LogP contribution in [0.2, 0.25) is 0 Å². The first-order valence-corrected chi connectivity index (χ1v) is 8.34. The number of nitrogens with two attached hydrogens (primary N) is 1. The molecule has 2 rings (SSSR count). The Balaban J connectivity index is 2.20. The van der Waals surface area contributed by atoms with E-state index < -0.39 is 15.8 Å². The van der Waals surface area contributed by atoms with Gasteiger partial charge in [0.2, 0.25) is 10.0 Å². The summed E-state index contributed by atoms with van der Waals surface area (Å²) in [6.45, 7) is 1.83. The highest BCUT2D eigenvalue weighted by atomic mass is 79.9. The summed E-state index contributed by atoms with van der Waals surface area (Å²) in [4.78, 5) is -0.0333. The second-order valence-electron chi connectivity index (χ2n) is 5.01. The van der Waals surface area contributed by atoms with Crippen molar-refractivity contribution in [1.82, 2.24) is 4.72 Å². The van der Waals surface area contributed by atoms with Crippen LogP contribution < -0.4 is 10.5 Å². The molecule has 1 aromatic rings. The zero-order valence-electron chi connectivity index (χ0n) is 10.5. The lowest BCUT2D eigenvalue weighted by Crippen LogP contribution is -2.33. The molecule has 0 amide bonds. The molecule has 1 aliphatic rings. The van der Waals surface area contributed by atoms with Gasteiger partial charge in [-0.25, -0.2) is 17.5 Å². The van der Waals surface area contributed by atoms with E-state index in [2.05, 4.69) is 20.7 Å². The monoisotopic (exact) mass is 350 g/mol. The number of hydrogen-bond donors (Lipinski definition) is 2. The van der Waals surface area contributed by atoms with E-state index in [0.29, 0.717) is 5.92 Å². The van der Waals surface area contributed by atoms with E-state index >= 15 is 0 Å². The summed E-state index contributed by atoms with van der Waals surface area (Å²) in [5.74, 6) is -0.0173. The summed E-state index contributed by atoms with van der Waals surface area (Å²) in [5.41, 5.74) is 5.24. The summed E-state index contributed by atoms with van der Waals surface area (Å²) < 4.78 is 40.4. The minimum absolute atomic E-state index is 0.0333. The molecular formula is C12H16BrFN2O2S. The minimum Gasteiger partial charge on any atom is -0.396 e. The third kappa shape index (κ3) is 3.67. The summed E-state index contributed by atoms with van der Waals surface area (Å²) in [5, 5.41) is 0. The fourth-order valence-electron chi connectivity index (χ4n) is 1.98. The predicted octanol–water partition coefficient (Wildman–Crippen LogP) is 2.64. The molecule has 106 valence electrons. The molecule has 1 aromatic carbocycles. The lowest BCUT2D eigenvalue weighted by Gasteiger charge is -2.15. The van der Waals surface area contributed by atoms with Gasteiger partial charge in [0.15, 0.2) is 0 Å². The number of sulfonamides is 1. The first kappa shape index (κ1) is 14.7. The van der Waals surface area contributed by atoms with Gasteiger partial charge in [-0.2, -0.15) is 0 Å². The average molecular weight is 351 g/mol. The van der Waals surface area contributed by atoms with Crippen LogP contribution in [0, 0.1) is 11.7 Å². The highest BCUT2D eigenvalue weighted by Crippen LogP contribution is 2.34. The molecular weight excluding hydrogens is 335 g/mol. The van der Waals surface area contributed by atoms with E-state index in [-0.39, 0.29) is 21.1 Å². The summed E-state index contributed by atoms with van der Waals surface area (Å²) in [7, 11) is -3.69. The maximum absolute atomic E-state index is 13.2. The highest BCUT2D eigenvalue weighted by molar-refractivity contribution is 9.10. The molecule has 1 fully saturated rings. The Kier molecular flexibility index (Phi) is 4.17. The Morgan fingerprint density at radius 2 is 2.16 bits per heavy atom. The molecule has 0 saturated heterocycles. The van der Waals surface area contributed by atoms with Crippen molar-refractivity contribution in [2.24, 2.45) is 5.92 Å². The lowest BCUT2D eigenvalue weighted by atomic mass is 10.2. The van der Waals surface area contributed by atoms with Crippen LogP contribution in [0.1, 0.15) is 26.2 Å². The molecule has 1 atom stereocenters. The predicted molar refractivity (Wildman–Crippen MR) is 75.6 cm³/mol. The number of benzene rings is 1. The molecule has 1 aliphatic carbocycles. The minimum atomic E-state index is -3.69. The fourth-order valence-corrected chi connectivity index (χ4v) is 4.29. The van der Waals surface area contributed by atoms with Gasteiger partial charge in [0, 0.05) is 10.5 Å². The summed E-state index contributed by atoms with van der Waals surface area (Å²) in [6.07, 6.45) is 3.16. The molecule has 0 aromatic heterocycles. The van der Waals surface area contributed by atoms with Crippen LogP contribution in [0.25, 0.3) is 0 Å². The van der Waals surface area contributed by atoms with Crippen molar-refractivity contribution in [3.05, 3.63) is 22.4 Å². The second-order valence-corrected chi connectivity index (χ2v) is 7.54. The van der Waals surface area contributed by atoms with E-state index in [1.54, 1.807) is 0 Å². The van der Waals surface area contributed by atoms with Gasteiger partial charge >= 0.3 is 0 Å². The van der Waals surface area contributed by atoms with Gasteiger partial charge in [-0.1, -0.05) is 12.8 Å². The zero-order valence-corrected chi connectivity index (χ0v) is 12.9. The normalized spacial score (nSPS) is 17.4. The number of nitrogen functional groups attached to an aromatic ring is 1. The van der Waals surface area contributed by atoms with Crippen molar-refractivity contribution in [3.63, 3.8) is 0 Å². The standard InChI is InChI=1S/C12H16BrFN2O2S/c1-7(4-8-2-3-8)16-19(17,18)12-6-11(15)10(14)5-9(12)13/h5-8,16H,2-4,15H2,1H3.